The van der Waals surface area contributed by atoms with Gasteiger partial charge < -0.3 is 5.32 Å². The van der Waals surface area contributed by atoms with Crippen molar-refractivity contribution < 1.29 is 4.79 Å². The van der Waals surface area contributed by atoms with Crippen LogP contribution in [0.2, 0.25) is 5.02 Å². The van der Waals surface area contributed by atoms with Crippen LogP contribution < -0.4 is 10.2 Å². The molecule has 0 aromatic heterocycles. The lowest BCUT2D eigenvalue weighted by atomic mass is 10.2. The summed E-state index contributed by atoms with van der Waals surface area (Å²) in [6.45, 7) is 2.77. The van der Waals surface area contributed by atoms with Gasteiger partial charge in [-0.25, -0.2) is 4.79 Å². The third kappa shape index (κ3) is 3.71. The van der Waals surface area contributed by atoms with Crippen molar-refractivity contribution in [2.24, 2.45) is 4.99 Å². The van der Waals surface area contributed by atoms with Gasteiger partial charge in [0.25, 0.3) is 0 Å². The molecule has 0 atom stereocenters. The molecule has 0 saturated heterocycles. The number of anilines is 2. The van der Waals surface area contributed by atoms with Crippen molar-refractivity contribution in [2.45, 2.75) is 19.8 Å². The minimum atomic E-state index is -0.225. The molecule has 0 radical (unpaired) electrons. The maximum absolute atomic E-state index is 12.8. The standard InChI is InChI=1S/C18H18ClN3O/c1-13-7-9-15(10-8-13)21-18(23)22(17-6-3-11-20-17)16-5-2-4-14(19)12-16/h2,4-5,7-10,12H,3,6,11H2,1H3,(H,21,23). The van der Waals surface area contributed by atoms with E-state index in [0.717, 1.165) is 42.2 Å². The molecule has 3 rings (SSSR count). The van der Waals surface area contributed by atoms with Crippen LogP contribution in [0.4, 0.5) is 16.2 Å². The number of amidine groups is 1. The van der Waals surface area contributed by atoms with Crippen LogP contribution in [-0.2, 0) is 0 Å². The van der Waals surface area contributed by atoms with E-state index < -0.39 is 0 Å². The van der Waals surface area contributed by atoms with E-state index in [1.807, 2.05) is 43.3 Å². The minimum absolute atomic E-state index is 0.225. The number of aliphatic imine (C=N–C) groups is 1. The summed E-state index contributed by atoms with van der Waals surface area (Å²) in [6, 6.07) is 14.7. The highest BCUT2D eigenvalue weighted by molar-refractivity contribution is 6.31. The number of aryl methyl sites for hydroxylation is 1. The van der Waals surface area contributed by atoms with Crippen LogP contribution in [0.5, 0.6) is 0 Å². The third-order valence-corrected chi connectivity index (χ3v) is 3.92. The zero-order valence-electron chi connectivity index (χ0n) is 12.9. The number of hydrogen-bond acceptors (Lipinski definition) is 2. The van der Waals surface area contributed by atoms with Crippen molar-refractivity contribution in [3.8, 4) is 0 Å². The summed E-state index contributed by atoms with van der Waals surface area (Å²) in [5, 5.41) is 3.52. The van der Waals surface area contributed by atoms with Gasteiger partial charge in [0.1, 0.15) is 5.84 Å². The summed E-state index contributed by atoms with van der Waals surface area (Å²) < 4.78 is 0. The molecule has 0 saturated carbocycles. The molecule has 0 spiro atoms. The van der Waals surface area contributed by atoms with Gasteiger partial charge in [0.05, 0.1) is 5.69 Å². The number of carbonyl (C=O) groups excluding carboxylic acids is 1. The molecule has 1 aliphatic rings. The van der Waals surface area contributed by atoms with Crippen LogP contribution in [0, 0.1) is 6.92 Å². The number of halogens is 1. The quantitative estimate of drug-likeness (QED) is 0.839. The Labute approximate surface area is 140 Å². The van der Waals surface area contributed by atoms with E-state index in [1.165, 1.54) is 0 Å². The topological polar surface area (TPSA) is 44.7 Å². The molecule has 2 amide bonds. The van der Waals surface area contributed by atoms with Gasteiger partial charge >= 0.3 is 6.03 Å². The molecule has 1 aliphatic heterocycles. The molecule has 0 unspecified atom stereocenters. The summed E-state index contributed by atoms with van der Waals surface area (Å²) >= 11 is 6.08. The third-order valence-electron chi connectivity index (χ3n) is 3.68. The smallest absolute Gasteiger partial charge is 0.307 e. The fourth-order valence-corrected chi connectivity index (χ4v) is 2.71. The van der Waals surface area contributed by atoms with E-state index in [2.05, 4.69) is 10.3 Å². The first-order valence-corrected chi connectivity index (χ1v) is 7.98. The Morgan fingerprint density at radius 1 is 1.22 bits per heavy atom. The van der Waals surface area contributed by atoms with E-state index in [0.29, 0.717) is 5.02 Å². The van der Waals surface area contributed by atoms with Gasteiger partial charge in [-0.15, -0.1) is 0 Å². The number of carbonyl (C=O) groups is 1. The molecular weight excluding hydrogens is 310 g/mol. The first kappa shape index (κ1) is 15.6. The number of rotatable bonds is 2. The predicted octanol–water partition coefficient (Wildman–Crippen LogP) is 4.88. The highest BCUT2D eigenvalue weighted by Gasteiger charge is 2.23. The lowest BCUT2D eigenvalue weighted by Gasteiger charge is -2.23. The monoisotopic (exact) mass is 327 g/mol. The Morgan fingerprint density at radius 3 is 2.65 bits per heavy atom. The predicted molar refractivity (Wildman–Crippen MR) is 95.7 cm³/mol. The number of nitrogens with zero attached hydrogens (tertiary/aromatic N) is 2. The Balaban J connectivity index is 1.88. The highest BCUT2D eigenvalue weighted by atomic mass is 35.5. The molecule has 2 aromatic rings. The Bertz CT molecular complexity index is 740. The van der Waals surface area contributed by atoms with Gasteiger partial charge in [0, 0.05) is 23.7 Å². The maximum Gasteiger partial charge on any atom is 0.331 e. The average Bonchev–Trinajstić information content (AvgIpc) is 3.04. The SMILES string of the molecule is Cc1ccc(NC(=O)N(C2=NCCC2)c2cccc(Cl)c2)cc1. The van der Waals surface area contributed by atoms with Crippen LogP contribution in [0.15, 0.2) is 53.5 Å². The number of urea groups is 1. The Kier molecular flexibility index (Phi) is 4.63. The average molecular weight is 328 g/mol. The van der Waals surface area contributed by atoms with Crippen LogP contribution >= 0.6 is 11.6 Å². The van der Waals surface area contributed by atoms with Gasteiger partial charge in [-0.05, 0) is 43.7 Å². The normalized spacial score (nSPS) is 13.6. The molecule has 1 N–H and O–H groups in total. The minimum Gasteiger partial charge on any atom is -0.307 e. The van der Waals surface area contributed by atoms with Gasteiger partial charge in [0.2, 0.25) is 0 Å². The summed E-state index contributed by atoms with van der Waals surface area (Å²) in [5.41, 5.74) is 2.63. The zero-order valence-corrected chi connectivity index (χ0v) is 13.7. The fourth-order valence-electron chi connectivity index (χ4n) is 2.52. The molecule has 1 heterocycles. The van der Waals surface area contributed by atoms with Gasteiger partial charge in [-0.3, -0.25) is 9.89 Å². The second-order valence-electron chi connectivity index (χ2n) is 5.51. The van der Waals surface area contributed by atoms with E-state index in [1.54, 1.807) is 17.0 Å². The van der Waals surface area contributed by atoms with E-state index in [-0.39, 0.29) is 6.03 Å². The van der Waals surface area contributed by atoms with Crippen molar-refractivity contribution in [3.63, 3.8) is 0 Å². The van der Waals surface area contributed by atoms with Crippen LogP contribution in [-0.4, -0.2) is 18.4 Å². The van der Waals surface area contributed by atoms with Crippen LogP contribution in [0.25, 0.3) is 0 Å². The van der Waals surface area contributed by atoms with Crippen molar-refractivity contribution >= 4 is 34.8 Å². The fraction of sp³-hybridized carbons (Fsp3) is 0.222. The van der Waals surface area contributed by atoms with Crippen LogP contribution in [0.1, 0.15) is 18.4 Å². The number of amides is 2. The Hall–Kier alpha value is -2.33. The molecule has 4 nitrogen and oxygen atoms in total. The molecule has 0 fully saturated rings. The lowest BCUT2D eigenvalue weighted by molar-refractivity contribution is 0.259. The first-order valence-electron chi connectivity index (χ1n) is 7.60. The van der Waals surface area contributed by atoms with Crippen molar-refractivity contribution in [2.75, 3.05) is 16.8 Å². The summed E-state index contributed by atoms with van der Waals surface area (Å²) in [7, 11) is 0. The molecular formula is C18H18ClN3O. The van der Waals surface area contributed by atoms with Crippen molar-refractivity contribution in [3.05, 3.63) is 59.1 Å². The van der Waals surface area contributed by atoms with Gasteiger partial charge in [-0.2, -0.15) is 0 Å². The second kappa shape index (κ2) is 6.84. The van der Waals surface area contributed by atoms with E-state index in [4.69, 9.17) is 11.6 Å². The lowest BCUT2D eigenvalue weighted by Crippen LogP contribution is -2.39. The van der Waals surface area contributed by atoms with Crippen LogP contribution in [0.3, 0.4) is 0 Å². The zero-order chi connectivity index (χ0) is 16.2. The summed E-state index contributed by atoms with van der Waals surface area (Å²) in [6.07, 6.45) is 1.75. The molecule has 23 heavy (non-hydrogen) atoms. The van der Waals surface area contributed by atoms with Crippen molar-refractivity contribution in [1.82, 2.24) is 0 Å². The van der Waals surface area contributed by atoms with Gasteiger partial charge in [0.15, 0.2) is 0 Å². The summed E-state index contributed by atoms with van der Waals surface area (Å²) in [4.78, 5) is 18.9. The molecule has 0 bridgehead atoms. The largest absolute Gasteiger partial charge is 0.331 e. The number of hydrogen-bond donors (Lipinski definition) is 1. The second-order valence-corrected chi connectivity index (χ2v) is 5.95. The molecule has 118 valence electrons. The number of benzene rings is 2. The highest BCUT2D eigenvalue weighted by Crippen LogP contribution is 2.24. The van der Waals surface area contributed by atoms with Crippen molar-refractivity contribution in [1.29, 1.82) is 0 Å². The molecule has 5 heteroatoms. The van der Waals surface area contributed by atoms with Gasteiger partial charge in [-0.1, -0.05) is 35.4 Å². The Morgan fingerprint density at radius 2 is 2.00 bits per heavy atom. The molecule has 2 aromatic carbocycles. The van der Waals surface area contributed by atoms with E-state index >= 15 is 0 Å². The van der Waals surface area contributed by atoms with E-state index in [9.17, 15) is 4.79 Å². The summed E-state index contributed by atoms with van der Waals surface area (Å²) in [5.74, 6) is 0.775. The number of nitrogens with one attached hydrogen (secondary N) is 1. The molecule has 0 aliphatic carbocycles. The maximum atomic E-state index is 12.8. The first-order chi connectivity index (χ1) is 11.1.